The molecular formula is C14H26N2O. The molecule has 0 bridgehead atoms. The van der Waals surface area contributed by atoms with Crippen molar-refractivity contribution in [1.82, 2.24) is 10.2 Å². The molecule has 3 aliphatic rings. The maximum absolute atomic E-state index is 5.67. The summed E-state index contributed by atoms with van der Waals surface area (Å²) in [5.41, 5.74) is 0.395. The van der Waals surface area contributed by atoms with Gasteiger partial charge in [-0.15, -0.1) is 0 Å². The average molecular weight is 238 g/mol. The predicted octanol–water partition coefficient (Wildman–Crippen LogP) is 1.49. The second-order valence-electron chi connectivity index (χ2n) is 6.60. The minimum Gasteiger partial charge on any atom is -0.381 e. The van der Waals surface area contributed by atoms with Crippen molar-refractivity contribution >= 4 is 0 Å². The van der Waals surface area contributed by atoms with E-state index in [0.29, 0.717) is 5.41 Å². The van der Waals surface area contributed by atoms with E-state index >= 15 is 0 Å². The standard InChI is InChI=1S/C14H26N2O/c1-16(8-12-2-3-12)10-14(6-7-17-11-14)9-15-13-4-5-13/h12-13,15H,2-11H2,1H3. The van der Waals surface area contributed by atoms with Crippen molar-refractivity contribution in [3.63, 3.8) is 0 Å². The molecule has 98 valence electrons. The topological polar surface area (TPSA) is 24.5 Å². The maximum Gasteiger partial charge on any atom is 0.0547 e. The summed E-state index contributed by atoms with van der Waals surface area (Å²) in [5, 5.41) is 3.71. The van der Waals surface area contributed by atoms with Gasteiger partial charge in [-0.3, -0.25) is 0 Å². The van der Waals surface area contributed by atoms with Gasteiger partial charge in [-0.2, -0.15) is 0 Å². The molecule has 3 rings (SSSR count). The Morgan fingerprint density at radius 1 is 1.29 bits per heavy atom. The summed E-state index contributed by atoms with van der Waals surface area (Å²) in [7, 11) is 2.29. The normalized spacial score (nSPS) is 33.5. The summed E-state index contributed by atoms with van der Waals surface area (Å²) in [4.78, 5) is 2.54. The molecule has 1 saturated heterocycles. The molecule has 0 aromatic rings. The Balaban J connectivity index is 1.49. The second-order valence-corrected chi connectivity index (χ2v) is 6.60. The van der Waals surface area contributed by atoms with Gasteiger partial charge in [0.15, 0.2) is 0 Å². The van der Waals surface area contributed by atoms with E-state index < -0.39 is 0 Å². The highest BCUT2D eigenvalue weighted by atomic mass is 16.5. The number of hydrogen-bond acceptors (Lipinski definition) is 3. The average Bonchev–Trinajstić information content (AvgIpc) is 3.20. The van der Waals surface area contributed by atoms with Crippen LogP contribution in [0.2, 0.25) is 0 Å². The van der Waals surface area contributed by atoms with Crippen molar-refractivity contribution in [3.05, 3.63) is 0 Å². The van der Waals surface area contributed by atoms with Crippen molar-refractivity contribution in [2.75, 3.05) is 39.9 Å². The first-order chi connectivity index (χ1) is 8.26. The van der Waals surface area contributed by atoms with Crippen LogP contribution in [0.3, 0.4) is 0 Å². The van der Waals surface area contributed by atoms with Gasteiger partial charge in [0.2, 0.25) is 0 Å². The molecule has 2 saturated carbocycles. The molecule has 3 heteroatoms. The Bertz CT molecular complexity index is 255. The molecule has 1 heterocycles. The van der Waals surface area contributed by atoms with E-state index in [2.05, 4.69) is 17.3 Å². The van der Waals surface area contributed by atoms with Crippen molar-refractivity contribution in [3.8, 4) is 0 Å². The molecule has 0 radical (unpaired) electrons. The molecule has 0 spiro atoms. The highest BCUT2D eigenvalue weighted by Gasteiger charge is 2.38. The quantitative estimate of drug-likeness (QED) is 0.727. The van der Waals surface area contributed by atoms with Gasteiger partial charge in [-0.25, -0.2) is 0 Å². The highest BCUT2D eigenvalue weighted by Crippen LogP contribution is 2.33. The van der Waals surface area contributed by atoms with Crippen molar-refractivity contribution < 1.29 is 4.74 Å². The lowest BCUT2D eigenvalue weighted by Crippen LogP contribution is -2.44. The molecule has 2 aliphatic carbocycles. The molecule has 1 aliphatic heterocycles. The monoisotopic (exact) mass is 238 g/mol. The largest absolute Gasteiger partial charge is 0.381 e. The van der Waals surface area contributed by atoms with E-state index in [0.717, 1.165) is 31.7 Å². The van der Waals surface area contributed by atoms with Gasteiger partial charge in [0.1, 0.15) is 0 Å². The van der Waals surface area contributed by atoms with Gasteiger partial charge in [-0.1, -0.05) is 0 Å². The third-order valence-electron chi connectivity index (χ3n) is 4.40. The van der Waals surface area contributed by atoms with Crippen LogP contribution in [0.4, 0.5) is 0 Å². The van der Waals surface area contributed by atoms with E-state index in [-0.39, 0.29) is 0 Å². The first kappa shape index (κ1) is 11.9. The highest BCUT2D eigenvalue weighted by molar-refractivity contribution is 4.92. The van der Waals surface area contributed by atoms with E-state index in [1.165, 1.54) is 45.2 Å². The zero-order valence-corrected chi connectivity index (χ0v) is 11.1. The second kappa shape index (κ2) is 4.87. The zero-order valence-electron chi connectivity index (χ0n) is 11.1. The van der Waals surface area contributed by atoms with Crippen LogP contribution in [0.1, 0.15) is 32.1 Å². The number of ether oxygens (including phenoxy) is 1. The van der Waals surface area contributed by atoms with Crippen LogP contribution in [0, 0.1) is 11.3 Å². The molecule has 0 aromatic carbocycles. The van der Waals surface area contributed by atoms with Gasteiger partial charge < -0.3 is 15.0 Å². The third-order valence-corrected chi connectivity index (χ3v) is 4.40. The maximum atomic E-state index is 5.67. The summed E-state index contributed by atoms with van der Waals surface area (Å²) < 4.78 is 5.67. The summed E-state index contributed by atoms with van der Waals surface area (Å²) in [5.74, 6) is 0.996. The SMILES string of the molecule is CN(CC1CC1)CC1(CNC2CC2)CCOC1. The molecule has 3 nitrogen and oxygen atoms in total. The first-order valence-corrected chi connectivity index (χ1v) is 7.25. The van der Waals surface area contributed by atoms with Crippen LogP contribution in [0.15, 0.2) is 0 Å². The molecular weight excluding hydrogens is 212 g/mol. The summed E-state index contributed by atoms with van der Waals surface area (Å²) in [6.07, 6.45) is 6.91. The number of nitrogens with zero attached hydrogens (tertiary/aromatic N) is 1. The van der Waals surface area contributed by atoms with Crippen LogP contribution in [-0.2, 0) is 4.74 Å². The van der Waals surface area contributed by atoms with Crippen LogP contribution < -0.4 is 5.32 Å². The smallest absolute Gasteiger partial charge is 0.0547 e. The van der Waals surface area contributed by atoms with Gasteiger partial charge in [0, 0.05) is 37.7 Å². The van der Waals surface area contributed by atoms with E-state index in [1.807, 2.05) is 0 Å². The molecule has 0 amide bonds. The van der Waals surface area contributed by atoms with E-state index in [4.69, 9.17) is 4.74 Å². The molecule has 17 heavy (non-hydrogen) atoms. The van der Waals surface area contributed by atoms with Crippen molar-refractivity contribution in [1.29, 1.82) is 0 Å². The molecule has 3 fully saturated rings. The van der Waals surface area contributed by atoms with Crippen LogP contribution in [-0.4, -0.2) is 50.8 Å². The number of hydrogen-bond donors (Lipinski definition) is 1. The lowest BCUT2D eigenvalue weighted by atomic mass is 9.86. The van der Waals surface area contributed by atoms with Gasteiger partial charge in [-0.05, 0) is 45.1 Å². The fraction of sp³-hybridized carbons (Fsp3) is 1.00. The fourth-order valence-corrected chi connectivity index (χ4v) is 3.00. The molecule has 0 aromatic heterocycles. The van der Waals surface area contributed by atoms with Gasteiger partial charge in [0.05, 0.1) is 6.61 Å². The van der Waals surface area contributed by atoms with E-state index in [9.17, 15) is 0 Å². The predicted molar refractivity (Wildman–Crippen MR) is 69.1 cm³/mol. The lowest BCUT2D eigenvalue weighted by molar-refractivity contribution is 0.117. The van der Waals surface area contributed by atoms with Crippen molar-refractivity contribution in [2.24, 2.45) is 11.3 Å². The summed E-state index contributed by atoms with van der Waals surface area (Å²) in [6.45, 7) is 5.59. The van der Waals surface area contributed by atoms with Gasteiger partial charge in [0.25, 0.3) is 0 Å². The summed E-state index contributed by atoms with van der Waals surface area (Å²) >= 11 is 0. The summed E-state index contributed by atoms with van der Waals surface area (Å²) in [6, 6.07) is 0.821. The Morgan fingerprint density at radius 2 is 2.12 bits per heavy atom. The lowest BCUT2D eigenvalue weighted by Gasteiger charge is -2.32. The third kappa shape index (κ3) is 3.43. The minimum absolute atomic E-state index is 0.395. The Kier molecular flexibility index (Phi) is 3.42. The Hall–Kier alpha value is -0.120. The molecule has 1 atom stereocenters. The Morgan fingerprint density at radius 3 is 2.71 bits per heavy atom. The zero-order chi connectivity index (χ0) is 11.7. The Labute approximate surface area is 105 Å². The van der Waals surface area contributed by atoms with Crippen LogP contribution >= 0.6 is 0 Å². The number of rotatable bonds is 7. The molecule has 1 N–H and O–H groups in total. The van der Waals surface area contributed by atoms with Crippen LogP contribution in [0.5, 0.6) is 0 Å². The minimum atomic E-state index is 0.395. The number of nitrogens with one attached hydrogen (secondary N) is 1. The fourth-order valence-electron chi connectivity index (χ4n) is 3.00. The van der Waals surface area contributed by atoms with Crippen molar-refractivity contribution in [2.45, 2.75) is 38.1 Å². The molecule has 1 unspecified atom stereocenters. The van der Waals surface area contributed by atoms with Gasteiger partial charge >= 0.3 is 0 Å². The van der Waals surface area contributed by atoms with Crippen LogP contribution in [0.25, 0.3) is 0 Å². The first-order valence-electron chi connectivity index (χ1n) is 7.25. The van der Waals surface area contributed by atoms with E-state index in [1.54, 1.807) is 0 Å².